The first-order chi connectivity index (χ1) is 16.5. The van der Waals surface area contributed by atoms with E-state index in [1.54, 1.807) is 0 Å². The molecule has 0 radical (unpaired) electrons. The molecule has 184 valence electrons. The summed E-state index contributed by atoms with van der Waals surface area (Å²) in [7, 11) is 0. The lowest BCUT2D eigenvalue weighted by molar-refractivity contribution is 0.232. The Hall–Kier alpha value is -2.73. The van der Waals surface area contributed by atoms with Gasteiger partial charge in [0, 0.05) is 41.5 Å². The van der Waals surface area contributed by atoms with Crippen LogP contribution in [0.2, 0.25) is 0 Å². The Kier molecular flexibility index (Phi) is 9.63. The van der Waals surface area contributed by atoms with Crippen molar-refractivity contribution in [2.24, 2.45) is 0 Å². The molecule has 6 nitrogen and oxygen atoms in total. The van der Waals surface area contributed by atoms with Crippen LogP contribution >= 0.6 is 0 Å². The van der Waals surface area contributed by atoms with E-state index in [0.717, 1.165) is 45.8 Å². The van der Waals surface area contributed by atoms with E-state index in [9.17, 15) is 0 Å². The van der Waals surface area contributed by atoms with Crippen molar-refractivity contribution in [3.05, 3.63) is 46.8 Å². The maximum absolute atomic E-state index is 9.01. The fourth-order valence-corrected chi connectivity index (χ4v) is 4.39. The monoisotopic (exact) mass is 465 g/mol. The number of aliphatic hydroxyl groups is 1. The molecule has 0 amide bonds. The van der Waals surface area contributed by atoms with Gasteiger partial charge in [0.05, 0.1) is 6.61 Å². The third kappa shape index (κ3) is 6.44. The zero-order valence-corrected chi connectivity index (χ0v) is 21.4. The maximum Gasteiger partial charge on any atom is 0.258 e. The summed E-state index contributed by atoms with van der Waals surface area (Å²) in [6.07, 6.45) is 7.67. The molecule has 3 aromatic rings. The van der Waals surface area contributed by atoms with Gasteiger partial charge in [-0.15, -0.1) is 0 Å². The number of hydrogen-bond donors (Lipinski definition) is 1. The van der Waals surface area contributed by atoms with Gasteiger partial charge in [-0.2, -0.15) is 4.98 Å². The number of nitrogens with zero attached hydrogens (tertiary/aromatic N) is 3. The Morgan fingerprint density at radius 1 is 1.00 bits per heavy atom. The van der Waals surface area contributed by atoms with E-state index in [1.165, 1.54) is 32.1 Å². The molecular formula is C28H39N3O3. The Labute approximate surface area is 203 Å². The van der Waals surface area contributed by atoms with E-state index < -0.39 is 0 Å². The summed E-state index contributed by atoms with van der Waals surface area (Å²) in [5.74, 6) is 2.52. The van der Waals surface area contributed by atoms with E-state index in [-0.39, 0.29) is 6.61 Å². The number of aryl methyl sites for hydroxylation is 3. The van der Waals surface area contributed by atoms with Crippen molar-refractivity contribution in [1.29, 1.82) is 0 Å². The first-order valence-corrected chi connectivity index (χ1v) is 12.7. The van der Waals surface area contributed by atoms with Crippen molar-refractivity contribution in [3.63, 3.8) is 0 Å². The first kappa shape index (κ1) is 25.9. The molecule has 2 heterocycles. The zero-order chi connectivity index (χ0) is 24.5. The number of ether oxygens (including phenoxy) is 1. The number of aromatic nitrogens is 3. The topological polar surface area (TPSA) is 81.3 Å². The van der Waals surface area contributed by atoms with Crippen molar-refractivity contribution in [1.82, 2.24) is 15.1 Å². The predicted molar refractivity (Wildman–Crippen MR) is 136 cm³/mol. The van der Waals surface area contributed by atoms with E-state index in [2.05, 4.69) is 38.1 Å². The van der Waals surface area contributed by atoms with Crippen LogP contribution in [0.3, 0.4) is 0 Å². The normalized spacial score (nSPS) is 13.6. The average Bonchev–Trinajstić information content (AvgIpc) is 3.53. The van der Waals surface area contributed by atoms with Crippen LogP contribution in [0.4, 0.5) is 0 Å². The van der Waals surface area contributed by atoms with Gasteiger partial charge in [-0.1, -0.05) is 45.2 Å². The number of hydrogen-bond acceptors (Lipinski definition) is 6. The minimum absolute atomic E-state index is 0.126. The lowest BCUT2D eigenvalue weighted by Crippen LogP contribution is -2.04. The van der Waals surface area contributed by atoms with Crippen molar-refractivity contribution < 1.29 is 14.4 Å². The number of benzene rings is 1. The van der Waals surface area contributed by atoms with E-state index >= 15 is 0 Å². The smallest absolute Gasteiger partial charge is 0.258 e. The molecule has 0 bridgehead atoms. The predicted octanol–water partition coefficient (Wildman–Crippen LogP) is 6.81. The third-order valence-corrected chi connectivity index (χ3v) is 5.96. The quantitative estimate of drug-likeness (QED) is 0.368. The van der Waals surface area contributed by atoms with E-state index in [1.807, 2.05) is 26.0 Å². The third-order valence-electron chi connectivity index (χ3n) is 5.96. The van der Waals surface area contributed by atoms with Crippen molar-refractivity contribution >= 4 is 0 Å². The molecule has 0 unspecified atom stereocenters. The van der Waals surface area contributed by atoms with Gasteiger partial charge in [-0.25, -0.2) is 0 Å². The van der Waals surface area contributed by atoms with Gasteiger partial charge < -0.3 is 14.4 Å². The number of pyridine rings is 1. The molecule has 0 spiro atoms. The second kappa shape index (κ2) is 12.7. The maximum atomic E-state index is 9.01. The van der Waals surface area contributed by atoms with Crippen LogP contribution in [0, 0.1) is 13.8 Å². The van der Waals surface area contributed by atoms with Gasteiger partial charge in [-0.05, 0) is 68.5 Å². The highest BCUT2D eigenvalue weighted by Gasteiger charge is 2.21. The lowest BCUT2D eigenvalue weighted by Gasteiger charge is -2.14. The number of aliphatic hydroxyl groups excluding tert-OH is 1. The SMILES string of the molecule is CCC.CCc1cc(-c2noc(-c3cc(C)nc(C4CCCC4)c3)n2)cc(C)c1OCCCO. The van der Waals surface area contributed by atoms with E-state index in [0.29, 0.717) is 30.7 Å². The first-order valence-electron chi connectivity index (χ1n) is 12.7. The van der Waals surface area contributed by atoms with Crippen LogP contribution in [0.1, 0.15) is 87.7 Å². The van der Waals surface area contributed by atoms with Gasteiger partial charge in [0.25, 0.3) is 5.89 Å². The average molecular weight is 466 g/mol. The highest BCUT2D eigenvalue weighted by Crippen LogP contribution is 2.35. The summed E-state index contributed by atoms with van der Waals surface area (Å²) in [6.45, 7) is 11.0. The lowest BCUT2D eigenvalue weighted by atomic mass is 10.0. The van der Waals surface area contributed by atoms with Gasteiger partial charge in [-0.3, -0.25) is 4.98 Å². The summed E-state index contributed by atoms with van der Waals surface area (Å²) in [5.41, 5.74) is 6.10. The molecule has 1 fully saturated rings. The molecule has 1 aliphatic rings. The molecule has 0 saturated heterocycles. The van der Waals surface area contributed by atoms with Gasteiger partial charge in [0.2, 0.25) is 5.82 Å². The van der Waals surface area contributed by atoms with Crippen LogP contribution in [-0.4, -0.2) is 33.4 Å². The highest BCUT2D eigenvalue weighted by atomic mass is 16.5. The molecule has 34 heavy (non-hydrogen) atoms. The number of rotatable bonds is 8. The minimum atomic E-state index is 0.126. The van der Waals surface area contributed by atoms with Crippen LogP contribution < -0.4 is 4.74 Å². The van der Waals surface area contributed by atoms with Gasteiger partial charge in [0.15, 0.2) is 0 Å². The molecule has 1 saturated carbocycles. The molecule has 2 aromatic heterocycles. The molecule has 1 aliphatic carbocycles. The fraction of sp³-hybridized carbons (Fsp3) is 0.536. The Balaban J connectivity index is 0.00000103. The van der Waals surface area contributed by atoms with Crippen LogP contribution in [0.15, 0.2) is 28.8 Å². The molecule has 6 heteroatoms. The Bertz CT molecular complexity index is 1060. The summed E-state index contributed by atoms with van der Waals surface area (Å²) >= 11 is 0. The van der Waals surface area contributed by atoms with Crippen molar-refractivity contribution in [2.45, 2.75) is 85.5 Å². The summed E-state index contributed by atoms with van der Waals surface area (Å²) in [4.78, 5) is 9.46. The van der Waals surface area contributed by atoms with Gasteiger partial charge in [0.1, 0.15) is 5.75 Å². The Morgan fingerprint density at radius 3 is 2.41 bits per heavy atom. The highest BCUT2D eigenvalue weighted by molar-refractivity contribution is 5.64. The Morgan fingerprint density at radius 2 is 1.74 bits per heavy atom. The van der Waals surface area contributed by atoms with Gasteiger partial charge >= 0.3 is 0 Å². The molecule has 0 aliphatic heterocycles. The standard InChI is InChI=1S/C25H31N3O3.C3H8/c1-4-18-14-20(12-16(2)23(18)30-11-7-10-29)24-27-25(31-28-24)21-13-17(3)26-22(15-21)19-8-5-6-9-19;1-3-2/h12-15,19,29H,4-11H2,1-3H3;3H2,1-2H3. The molecule has 1 N–H and O–H groups in total. The van der Waals surface area contributed by atoms with Crippen molar-refractivity contribution in [3.8, 4) is 28.6 Å². The summed E-state index contributed by atoms with van der Waals surface area (Å²) in [6, 6.07) is 8.22. The second-order valence-electron chi connectivity index (χ2n) is 9.09. The van der Waals surface area contributed by atoms with Crippen molar-refractivity contribution in [2.75, 3.05) is 13.2 Å². The van der Waals surface area contributed by atoms with E-state index in [4.69, 9.17) is 24.3 Å². The minimum Gasteiger partial charge on any atom is -0.493 e. The molecule has 0 atom stereocenters. The fourth-order valence-electron chi connectivity index (χ4n) is 4.39. The van der Waals surface area contributed by atoms with Crippen LogP contribution in [-0.2, 0) is 6.42 Å². The second-order valence-corrected chi connectivity index (χ2v) is 9.09. The summed E-state index contributed by atoms with van der Waals surface area (Å²) < 4.78 is 11.6. The van der Waals surface area contributed by atoms with Crippen LogP contribution in [0.5, 0.6) is 5.75 Å². The molecular weight excluding hydrogens is 426 g/mol. The van der Waals surface area contributed by atoms with Crippen LogP contribution in [0.25, 0.3) is 22.8 Å². The molecule has 1 aromatic carbocycles. The zero-order valence-electron chi connectivity index (χ0n) is 21.4. The molecule has 4 rings (SSSR count). The largest absolute Gasteiger partial charge is 0.493 e. The summed E-state index contributed by atoms with van der Waals surface area (Å²) in [5, 5.41) is 13.3.